The van der Waals surface area contributed by atoms with Gasteiger partial charge in [0.25, 0.3) is 0 Å². The highest BCUT2D eigenvalue weighted by atomic mass is 32.1. The maximum Gasteiger partial charge on any atom is 0.345 e. The summed E-state index contributed by atoms with van der Waals surface area (Å²) in [5.74, 6) is -0.959. The van der Waals surface area contributed by atoms with Gasteiger partial charge >= 0.3 is 11.3 Å². The van der Waals surface area contributed by atoms with Crippen LogP contribution in [0.5, 0.6) is 0 Å². The van der Waals surface area contributed by atoms with Crippen LogP contribution in [0.25, 0.3) is 27.8 Å². The van der Waals surface area contributed by atoms with Crippen LogP contribution >= 0.6 is 11.3 Å². The molecule has 0 bridgehead atoms. The summed E-state index contributed by atoms with van der Waals surface area (Å²) < 4.78 is 18.8. The molecule has 0 aliphatic carbocycles. The first-order valence-electron chi connectivity index (χ1n) is 8.76. The highest BCUT2D eigenvalue weighted by Gasteiger charge is 2.15. The number of nitro groups is 1. The van der Waals surface area contributed by atoms with Gasteiger partial charge in [-0.15, -0.1) is 11.3 Å². The Bertz CT molecular complexity index is 1450. The molecule has 0 aliphatic heterocycles. The standard InChI is InChI=1S/C21H11FN4O4S/c22-16-6-5-14(8-18(16)26(28)29)24-10-13(9-23)20-25-17(11-31-20)15-7-12-3-1-2-4-19(12)30-21(15)27/h1-8,10-11,24H. The smallest absolute Gasteiger partial charge is 0.345 e. The van der Waals surface area contributed by atoms with Crippen molar-refractivity contribution in [3.63, 3.8) is 0 Å². The van der Waals surface area contributed by atoms with E-state index in [0.717, 1.165) is 28.9 Å². The first-order chi connectivity index (χ1) is 15.0. The lowest BCUT2D eigenvalue weighted by atomic mass is 10.1. The average molecular weight is 434 g/mol. The molecule has 0 atom stereocenters. The molecule has 2 heterocycles. The van der Waals surface area contributed by atoms with E-state index in [2.05, 4.69) is 10.3 Å². The molecule has 152 valence electrons. The van der Waals surface area contributed by atoms with Crippen LogP contribution in [0.3, 0.4) is 0 Å². The molecule has 0 saturated carbocycles. The van der Waals surface area contributed by atoms with E-state index in [0.29, 0.717) is 16.3 Å². The molecule has 2 aromatic carbocycles. The summed E-state index contributed by atoms with van der Waals surface area (Å²) in [5.41, 5.74) is 0.216. The summed E-state index contributed by atoms with van der Waals surface area (Å²) >= 11 is 1.15. The van der Waals surface area contributed by atoms with Crippen molar-refractivity contribution >= 4 is 39.3 Å². The van der Waals surface area contributed by atoms with E-state index in [1.165, 1.54) is 12.3 Å². The number of rotatable bonds is 5. The number of halogens is 1. The van der Waals surface area contributed by atoms with Gasteiger partial charge in [-0.1, -0.05) is 18.2 Å². The van der Waals surface area contributed by atoms with Gasteiger partial charge in [-0.2, -0.15) is 9.65 Å². The molecule has 0 unspecified atom stereocenters. The number of thiazole rings is 1. The van der Waals surface area contributed by atoms with Crippen LogP contribution in [-0.2, 0) is 0 Å². The van der Waals surface area contributed by atoms with Crippen LogP contribution in [0.15, 0.2) is 69.3 Å². The Morgan fingerprint density at radius 2 is 2.10 bits per heavy atom. The lowest BCUT2D eigenvalue weighted by molar-refractivity contribution is -0.387. The third-order valence-corrected chi connectivity index (χ3v) is 5.17. The minimum absolute atomic E-state index is 0.133. The number of hydrogen-bond donors (Lipinski definition) is 1. The maximum atomic E-state index is 13.5. The highest BCUT2D eigenvalue weighted by Crippen LogP contribution is 2.27. The Hall–Kier alpha value is -4.36. The zero-order valence-electron chi connectivity index (χ0n) is 15.5. The third-order valence-electron chi connectivity index (χ3n) is 4.30. The first-order valence-corrected chi connectivity index (χ1v) is 9.64. The van der Waals surface area contributed by atoms with Crippen molar-refractivity contribution in [2.24, 2.45) is 0 Å². The summed E-state index contributed by atoms with van der Waals surface area (Å²) in [6.07, 6.45) is 1.31. The summed E-state index contributed by atoms with van der Waals surface area (Å²) in [7, 11) is 0. The van der Waals surface area contributed by atoms with Gasteiger partial charge in [-0.05, 0) is 24.3 Å². The molecular formula is C21H11FN4O4S. The highest BCUT2D eigenvalue weighted by molar-refractivity contribution is 7.11. The van der Waals surface area contributed by atoms with Crippen LogP contribution in [0.2, 0.25) is 0 Å². The van der Waals surface area contributed by atoms with Crippen molar-refractivity contribution in [2.75, 3.05) is 5.32 Å². The van der Waals surface area contributed by atoms with Gasteiger partial charge in [-0.3, -0.25) is 10.1 Å². The van der Waals surface area contributed by atoms with Crippen LogP contribution in [0, 0.1) is 27.3 Å². The molecule has 2 aromatic heterocycles. The van der Waals surface area contributed by atoms with E-state index in [4.69, 9.17) is 4.42 Å². The monoisotopic (exact) mass is 434 g/mol. The van der Waals surface area contributed by atoms with E-state index < -0.39 is 22.1 Å². The minimum Gasteiger partial charge on any atom is -0.422 e. The van der Waals surface area contributed by atoms with Crippen LogP contribution in [-0.4, -0.2) is 9.91 Å². The molecule has 10 heteroatoms. The van der Waals surface area contributed by atoms with Crippen molar-refractivity contribution in [2.45, 2.75) is 0 Å². The number of benzene rings is 2. The predicted molar refractivity (Wildman–Crippen MR) is 114 cm³/mol. The molecular weight excluding hydrogens is 423 g/mol. The maximum absolute atomic E-state index is 13.5. The van der Waals surface area contributed by atoms with Crippen molar-refractivity contribution in [1.29, 1.82) is 5.26 Å². The Morgan fingerprint density at radius 3 is 2.87 bits per heavy atom. The van der Waals surface area contributed by atoms with Crippen molar-refractivity contribution in [3.05, 3.63) is 91.5 Å². The quantitative estimate of drug-likeness (QED) is 0.204. The number of nitrogens with zero attached hydrogens (tertiary/aromatic N) is 3. The van der Waals surface area contributed by atoms with E-state index in [-0.39, 0.29) is 16.8 Å². The van der Waals surface area contributed by atoms with Crippen LogP contribution < -0.4 is 10.9 Å². The molecule has 1 N–H and O–H groups in total. The number of allylic oxidation sites excluding steroid dienone is 1. The normalized spacial score (nSPS) is 11.3. The zero-order valence-corrected chi connectivity index (χ0v) is 16.4. The van der Waals surface area contributed by atoms with E-state index >= 15 is 0 Å². The fourth-order valence-electron chi connectivity index (χ4n) is 2.80. The van der Waals surface area contributed by atoms with E-state index in [1.54, 1.807) is 23.6 Å². The molecule has 8 nitrogen and oxygen atoms in total. The van der Waals surface area contributed by atoms with Gasteiger partial charge in [0, 0.05) is 28.7 Å². The first kappa shape index (κ1) is 19.9. The van der Waals surface area contributed by atoms with Gasteiger partial charge in [0.15, 0.2) is 0 Å². The third kappa shape index (κ3) is 4.03. The number of nitrogens with one attached hydrogen (secondary N) is 1. The number of nitriles is 1. The number of hydrogen-bond acceptors (Lipinski definition) is 8. The molecule has 31 heavy (non-hydrogen) atoms. The SMILES string of the molecule is N#CC(=CNc1ccc(F)c([N+](=O)[O-])c1)c1nc(-c2cc3ccccc3oc2=O)cs1. The number of para-hydroxylation sites is 1. The topological polar surface area (TPSA) is 122 Å². The van der Waals surface area contributed by atoms with E-state index in [1.807, 2.05) is 18.2 Å². The molecule has 0 spiro atoms. The fourth-order valence-corrected chi connectivity index (χ4v) is 3.59. The summed E-state index contributed by atoms with van der Waals surface area (Å²) in [4.78, 5) is 26.7. The lowest BCUT2D eigenvalue weighted by Crippen LogP contribution is -2.02. The second-order valence-corrected chi connectivity index (χ2v) is 7.12. The number of aromatic nitrogens is 1. The van der Waals surface area contributed by atoms with Crippen LogP contribution in [0.4, 0.5) is 15.8 Å². The average Bonchev–Trinajstić information content (AvgIpc) is 3.24. The summed E-state index contributed by atoms with van der Waals surface area (Å²) in [5, 5.41) is 25.8. The van der Waals surface area contributed by atoms with Crippen molar-refractivity contribution in [3.8, 4) is 17.3 Å². The largest absolute Gasteiger partial charge is 0.422 e. The second-order valence-electron chi connectivity index (χ2n) is 6.26. The molecule has 0 saturated heterocycles. The lowest BCUT2D eigenvalue weighted by Gasteiger charge is -2.02. The molecule has 0 radical (unpaired) electrons. The van der Waals surface area contributed by atoms with Gasteiger partial charge in [0.05, 0.1) is 16.2 Å². The van der Waals surface area contributed by atoms with Gasteiger partial charge < -0.3 is 9.73 Å². The van der Waals surface area contributed by atoms with Gasteiger partial charge in [0.2, 0.25) is 5.82 Å². The Balaban J connectivity index is 1.64. The van der Waals surface area contributed by atoms with Crippen molar-refractivity contribution in [1.82, 2.24) is 4.98 Å². The summed E-state index contributed by atoms with van der Waals surface area (Å²) in [6.45, 7) is 0. The van der Waals surface area contributed by atoms with Crippen molar-refractivity contribution < 1.29 is 13.7 Å². The van der Waals surface area contributed by atoms with Gasteiger partial charge in [0.1, 0.15) is 22.2 Å². The molecule has 0 fully saturated rings. The number of nitro benzene ring substituents is 1. The molecule has 0 amide bonds. The fraction of sp³-hybridized carbons (Fsp3) is 0. The number of fused-ring (bicyclic) bond motifs is 1. The zero-order chi connectivity index (χ0) is 22.0. The minimum atomic E-state index is -0.959. The Morgan fingerprint density at radius 1 is 1.29 bits per heavy atom. The predicted octanol–water partition coefficient (Wildman–Crippen LogP) is 4.94. The second kappa shape index (κ2) is 8.17. The Kier molecular flexibility index (Phi) is 5.26. The number of anilines is 1. The van der Waals surface area contributed by atoms with E-state index in [9.17, 15) is 24.6 Å². The molecule has 4 rings (SSSR count). The molecule has 0 aliphatic rings. The van der Waals surface area contributed by atoms with Crippen LogP contribution in [0.1, 0.15) is 5.01 Å². The Labute approximate surface area is 177 Å². The van der Waals surface area contributed by atoms with Gasteiger partial charge in [-0.25, -0.2) is 9.78 Å². The summed E-state index contributed by atoms with van der Waals surface area (Å²) in [6, 6.07) is 14.0. The molecule has 4 aromatic rings.